The number of benzene rings is 1. The van der Waals surface area contributed by atoms with Crippen molar-refractivity contribution in [3.8, 4) is 5.75 Å². The smallest absolute Gasteiger partial charge is 0.443 e. The molecule has 2 amide bonds. The summed E-state index contributed by atoms with van der Waals surface area (Å²) >= 11 is 0. The third-order valence-corrected chi connectivity index (χ3v) is 6.28. The summed E-state index contributed by atoms with van der Waals surface area (Å²) in [7, 11) is 0.769. The molecule has 1 aliphatic heterocycles. The second kappa shape index (κ2) is 14.6. The molecular weight excluding hydrogens is 489 g/mol. The molecule has 1 saturated heterocycles. The summed E-state index contributed by atoms with van der Waals surface area (Å²) in [6.07, 6.45) is 2.61. The molecule has 2 rings (SSSR count). The van der Waals surface area contributed by atoms with Crippen molar-refractivity contribution < 1.29 is 37.5 Å². The molecule has 1 N–H and O–H groups in total. The zero-order valence-electron chi connectivity index (χ0n) is 21.2. The van der Waals surface area contributed by atoms with E-state index in [1.165, 1.54) is 29.1 Å². The quantitative estimate of drug-likeness (QED) is 0.129. The Balaban J connectivity index is 1.83. The number of likely N-dealkylation sites (N-methyl/N-ethyl adjacent to an activating group) is 2. The summed E-state index contributed by atoms with van der Waals surface area (Å²) in [5.74, 6) is -0.515. The molecule has 12 heteroatoms. The van der Waals surface area contributed by atoms with Crippen molar-refractivity contribution in [1.29, 1.82) is 0 Å². The number of rotatable bonds is 14. The van der Waals surface area contributed by atoms with E-state index in [9.17, 15) is 18.9 Å². The Morgan fingerprint density at radius 1 is 1.28 bits per heavy atom. The topological polar surface area (TPSA) is 124 Å². The molecule has 0 saturated carbocycles. The first-order chi connectivity index (χ1) is 17.2. The van der Waals surface area contributed by atoms with Crippen molar-refractivity contribution in [2.24, 2.45) is 11.8 Å². The van der Waals surface area contributed by atoms with Gasteiger partial charge in [0.15, 0.2) is 12.5 Å². The molecule has 5 unspecified atom stereocenters. The highest BCUT2D eigenvalue weighted by Crippen LogP contribution is 2.32. The Labute approximate surface area is 212 Å². The summed E-state index contributed by atoms with van der Waals surface area (Å²) in [5, 5.41) is 2.88. The maximum absolute atomic E-state index is 12.4. The van der Waals surface area contributed by atoms with Gasteiger partial charge >= 0.3 is 14.2 Å². The average Bonchev–Trinajstić information content (AvgIpc) is 3.22. The van der Waals surface area contributed by atoms with Gasteiger partial charge in [-0.2, -0.15) is 0 Å². The maximum Gasteiger partial charge on any atom is 0.750 e. The lowest BCUT2D eigenvalue weighted by Gasteiger charge is -2.24. The molecule has 0 spiro atoms. The maximum atomic E-state index is 12.4. The van der Waals surface area contributed by atoms with Crippen LogP contribution in [0.4, 0.5) is 0 Å². The predicted molar refractivity (Wildman–Crippen MR) is 132 cm³/mol. The van der Waals surface area contributed by atoms with Crippen LogP contribution in [0.2, 0.25) is 0 Å². The lowest BCUT2D eigenvalue weighted by atomic mass is 10.1. The van der Waals surface area contributed by atoms with Gasteiger partial charge in [0.05, 0.1) is 6.10 Å². The summed E-state index contributed by atoms with van der Waals surface area (Å²) < 4.78 is 33.6. The van der Waals surface area contributed by atoms with Crippen LogP contribution in [0.3, 0.4) is 0 Å². The molecule has 1 aromatic carbocycles. The molecule has 1 aromatic rings. The van der Waals surface area contributed by atoms with Crippen LogP contribution in [0, 0.1) is 11.8 Å². The number of nitrogens with zero attached hydrogens (tertiary/aromatic N) is 2. The van der Waals surface area contributed by atoms with Gasteiger partial charge in [0.25, 0.3) is 0 Å². The van der Waals surface area contributed by atoms with Gasteiger partial charge in [0.2, 0.25) is 12.3 Å². The second-order valence-electron chi connectivity index (χ2n) is 8.79. The highest BCUT2D eigenvalue weighted by molar-refractivity contribution is 7.33. The highest BCUT2D eigenvalue weighted by Gasteiger charge is 2.38. The van der Waals surface area contributed by atoms with Gasteiger partial charge in [-0.1, -0.05) is 39.0 Å². The molecule has 0 aromatic heterocycles. The van der Waals surface area contributed by atoms with Crippen LogP contribution in [0.25, 0.3) is 0 Å². The molecule has 1 fully saturated rings. The Morgan fingerprint density at radius 3 is 2.58 bits per heavy atom. The fraction of sp³-hybridized carbons (Fsp3) is 0.542. The van der Waals surface area contributed by atoms with E-state index in [0.717, 1.165) is 0 Å². The molecule has 5 atom stereocenters. The molecular formula is C24H35N3O8P+. The van der Waals surface area contributed by atoms with E-state index in [4.69, 9.17) is 18.5 Å². The van der Waals surface area contributed by atoms with Crippen LogP contribution in [0.15, 0.2) is 42.6 Å². The lowest BCUT2D eigenvalue weighted by Crippen LogP contribution is -2.42. The van der Waals surface area contributed by atoms with E-state index in [2.05, 4.69) is 5.32 Å². The van der Waals surface area contributed by atoms with Gasteiger partial charge in [-0.15, -0.1) is 4.52 Å². The van der Waals surface area contributed by atoms with Gasteiger partial charge < -0.3 is 19.7 Å². The molecule has 11 nitrogen and oxygen atoms in total. The zero-order chi connectivity index (χ0) is 26.7. The van der Waals surface area contributed by atoms with Crippen LogP contribution in [0.1, 0.15) is 27.2 Å². The van der Waals surface area contributed by atoms with E-state index >= 15 is 0 Å². The number of ether oxygens (including phenoxy) is 2. The van der Waals surface area contributed by atoms with Crippen molar-refractivity contribution in [3.05, 3.63) is 42.6 Å². The van der Waals surface area contributed by atoms with E-state index in [1.807, 2.05) is 26.8 Å². The van der Waals surface area contributed by atoms with E-state index in [-0.39, 0.29) is 25.2 Å². The number of hydrogen-bond acceptors (Lipinski definition) is 9. The van der Waals surface area contributed by atoms with Crippen LogP contribution < -0.4 is 9.84 Å². The molecule has 1 heterocycles. The molecule has 0 radical (unpaired) electrons. The first kappa shape index (κ1) is 29.4. The highest BCUT2D eigenvalue weighted by atomic mass is 31.1. The molecule has 36 heavy (non-hydrogen) atoms. The summed E-state index contributed by atoms with van der Waals surface area (Å²) in [5.41, 5.74) is 0. The van der Waals surface area contributed by atoms with Crippen LogP contribution in [0.5, 0.6) is 5.75 Å². The van der Waals surface area contributed by atoms with Gasteiger partial charge in [0, 0.05) is 29.8 Å². The summed E-state index contributed by atoms with van der Waals surface area (Å²) in [6.45, 7) is 5.46. The second-order valence-corrected chi connectivity index (χ2v) is 9.68. The Morgan fingerprint density at radius 2 is 1.97 bits per heavy atom. The first-order valence-corrected chi connectivity index (χ1v) is 12.7. The van der Waals surface area contributed by atoms with Crippen LogP contribution in [-0.4, -0.2) is 73.9 Å². The average molecular weight is 525 g/mol. The molecule has 198 valence electrons. The first-order valence-electron chi connectivity index (χ1n) is 11.6. The number of nitrogens with one attached hydrogen (secondary N) is 1. The van der Waals surface area contributed by atoms with Gasteiger partial charge in [-0.25, -0.2) is 4.52 Å². The largest absolute Gasteiger partial charge is 0.750 e. The zero-order valence-corrected chi connectivity index (χ0v) is 22.1. The lowest BCUT2D eigenvalue weighted by molar-refractivity contribution is -0.153. The fourth-order valence-electron chi connectivity index (χ4n) is 3.62. The summed E-state index contributed by atoms with van der Waals surface area (Å²) in [6, 6.07) is 8.19. The minimum Gasteiger partial charge on any atom is -0.443 e. The number of carbonyl (C=O) groups excluding carboxylic acids is 3. The molecule has 0 bridgehead atoms. The number of esters is 1. The van der Waals surface area contributed by atoms with E-state index in [0.29, 0.717) is 18.6 Å². The van der Waals surface area contributed by atoms with Crippen molar-refractivity contribution >= 4 is 26.5 Å². The fourth-order valence-corrected chi connectivity index (χ4v) is 4.26. The van der Waals surface area contributed by atoms with E-state index in [1.54, 1.807) is 31.3 Å². The summed E-state index contributed by atoms with van der Waals surface area (Å²) in [4.78, 5) is 38.7. The normalized spacial score (nSPS) is 20.7. The number of amides is 2. The predicted octanol–water partition coefficient (Wildman–Crippen LogP) is 2.67. The van der Waals surface area contributed by atoms with Gasteiger partial charge in [-0.05, 0) is 31.5 Å². The minimum atomic E-state index is -2.38. The number of hydrogen-bond donors (Lipinski definition) is 1. The van der Waals surface area contributed by atoms with Crippen molar-refractivity contribution in [3.63, 3.8) is 0 Å². The Bertz CT molecular complexity index is 914. The standard InChI is InChI=1S/C24H35N3O8P/c1-17(2)22(25-4)24(30)32-16-26(5)21(29)11-12-27(15-28)23-18(3)13-20(34-23)14-33-36(31)35-19-9-7-6-8-10-19/h6-12,15,17-18,20,22-23,25H,13-14,16H2,1-5H3/q+1/b12-11-. The third kappa shape index (κ3) is 8.98. The third-order valence-electron chi connectivity index (χ3n) is 5.56. The van der Waals surface area contributed by atoms with Gasteiger partial charge in [-0.3, -0.25) is 19.3 Å². The van der Waals surface area contributed by atoms with E-state index < -0.39 is 38.5 Å². The van der Waals surface area contributed by atoms with Crippen molar-refractivity contribution in [1.82, 2.24) is 15.1 Å². The minimum absolute atomic E-state index is 0.0241. The number of para-hydroxylation sites is 1. The SMILES string of the molecule is CNC(C(=O)OCN(C)C(=O)/C=C\N(C=O)C1OC(CO[P+](=O)Oc2ccccc2)CC1C)C(C)C. The van der Waals surface area contributed by atoms with Crippen LogP contribution in [-0.2, 0) is 32.9 Å². The molecule has 1 aliphatic rings. The van der Waals surface area contributed by atoms with Crippen molar-refractivity contribution in [2.75, 3.05) is 27.4 Å². The van der Waals surface area contributed by atoms with Crippen molar-refractivity contribution in [2.45, 2.75) is 45.6 Å². The number of carbonyl (C=O) groups is 3. The Hall–Kier alpha value is -2.85. The Kier molecular flexibility index (Phi) is 12.0. The van der Waals surface area contributed by atoms with Gasteiger partial charge in [0.1, 0.15) is 18.9 Å². The monoisotopic (exact) mass is 524 g/mol. The van der Waals surface area contributed by atoms with Crippen LogP contribution >= 0.6 is 8.25 Å². The molecule has 0 aliphatic carbocycles.